The Morgan fingerprint density at radius 1 is 1.17 bits per heavy atom. The second-order valence-corrected chi connectivity index (χ2v) is 7.42. The molecule has 8 heteroatoms. The highest BCUT2D eigenvalue weighted by Crippen LogP contribution is 2.30. The molecule has 2 aromatic rings. The van der Waals surface area contributed by atoms with Crippen molar-refractivity contribution in [3.8, 4) is 0 Å². The molecule has 1 unspecified atom stereocenters. The summed E-state index contributed by atoms with van der Waals surface area (Å²) in [5.74, 6) is 1.28. The van der Waals surface area contributed by atoms with Crippen LogP contribution in [0.1, 0.15) is 43.9 Å². The van der Waals surface area contributed by atoms with Crippen molar-refractivity contribution in [1.29, 1.82) is 0 Å². The van der Waals surface area contributed by atoms with Crippen LogP contribution in [0.25, 0.3) is 0 Å². The third-order valence-corrected chi connectivity index (χ3v) is 5.17. The van der Waals surface area contributed by atoms with Crippen molar-refractivity contribution in [2.24, 2.45) is 0 Å². The predicted octanol–water partition coefficient (Wildman–Crippen LogP) is 4.77. The Hall–Kier alpha value is -2.35. The molecule has 0 bridgehead atoms. The molecule has 0 radical (unpaired) electrons. The highest BCUT2D eigenvalue weighted by Gasteiger charge is 2.30. The number of nitrogens with zero attached hydrogens (tertiary/aromatic N) is 3. The maximum atomic E-state index is 12.8. The lowest BCUT2D eigenvalue weighted by atomic mass is 10.1. The van der Waals surface area contributed by atoms with E-state index in [0.29, 0.717) is 17.7 Å². The standard InChI is InChI=1S/C21H28F3N5/c1-3-4-6-17-13-19(29-12-5-7-18(14-29)25-2)28-20(27-17)26-16-10-8-15(9-11-16)21(22,23)24/h8-11,13,18,25H,3-7,12,14H2,1-2H3,(H,26,27,28). The summed E-state index contributed by atoms with van der Waals surface area (Å²) in [5.41, 5.74) is 0.800. The number of halogens is 3. The van der Waals surface area contributed by atoms with Gasteiger partial charge in [-0.05, 0) is 57.0 Å². The van der Waals surface area contributed by atoms with E-state index < -0.39 is 11.7 Å². The SMILES string of the molecule is CCCCc1cc(N2CCCC(NC)C2)nc(Nc2ccc(C(F)(F)F)cc2)n1. The number of piperidine rings is 1. The van der Waals surface area contributed by atoms with Crippen LogP contribution in [0.4, 0.5) is 30.6 Å². The van der Waals surface area contributed by atoms with Gasteiger partial charge < -0.3 is 15.5 Å². The maximum Gasteiger partial charge on any atom is 0.416 e. The lowest BCUT2D eigenvalue weighted by Gasteiger charge is -2.33. The number of anilines is 3. The first-order chi connectivity index (χ1) is 13.9. The molecular weight excluding hydrogens is 379 g/mol. The first-order valence-electron chi connectivity index (χ1n) is 10.1. The second kappa shape index (κ2) is 9.43. The predicted molar refractivity (Wildman–Crippen MR) is 110 cm³/mol. The number of hydrogen-bond acceptors (Lipinski definition) is 5. The zero-order valence-electron chi connectivity index (χ0n) is 16.9. The highest BCUT2D eigenvalue weighted by molar-refractivity contribution is 5.56. The third kappa shape index (κ3) is 5.82. The Balaban J connectivity index is 1.83. The molecule has 1 aromatic carbocycles. The Morgan fingerprint density at radius 2 is 1.93 bits per heavy atom. The highest BCUT2D eigenvalue weighted by atomic mass is 19.4. The minimum atomic E-state index is -4.35. The molecule has 1 aliphatic heterocycles. The van der Waals surface area contributed by atoms with E-state index >= 15 is 0 Å². The summed E-state index contributed by atoms with van der Waals surface area (Å²) in [6.45, 7) is 3.94. The van der Waals surface area contributed by atoms with Crippen LogP contribution in [-0.4, -0.2) is 36.1 Å². The van der Waals surface area contributed by atoms with Gasteiger partial charge in [0.05, 0.1) is 5.56 Å². The first kappa shape index (κ1) is 21.4. The minimum absolute atomic E-state index is 0.417. The van der Waals surface area contributed by atoms with Gasteiger partial charge in [0.2, 0.25) is 5.95 Å². The van der Waals surface area contributed by atoms with Gasteiger partial charge in [-0.3, -0.25) is 0 Å². The topological polar surface area (TPSA) is 53.1 Å². The number of alkyl halides is 3. The fourth-order valence-electron chi connectivity index (χ4n) is 3.48. The fourth-order valence-corrected chi connectivity index (χ4v) is 3.48. The van der Waals surface area contributed by atoms with Crippen LogP contribution in [0.2, 0.25) is 0 Å². The van der Waals surface area contributed by atoms with Gasteiger partial charge in [-0.1, -0.05) is 13.3 Å². The van der Waals surface area contributed by atoms with Crippen molar-refractivity contribution in [2.45, 2.75) is 51.2 Å². The van der Waals surface area contributed by atoms with Gasteiger partial charge in [0.1, 0.15) is 5.82 Å². The van der Waals surface area contributed by atoms with Crippen molar-refractivity contribution < 1.29 is 13.2 Å². The average molecular weight is 407 g/mol. The molecular formula is C21H28F3N5. The molecule has 0 spiro atoms. The number of aryl methyl sites for hydroxylation is 1. The summed E-state index contributed by atoms with van der Waals surface area (Å²) >= 11 is 0. The zero-order valence-corrected chi connectivity index (χ0v) is 16.9. The van der Waals surface area contributed by atoms with E-state index in [1.807, 2.05) is 13.1 Å². The van der Waals surface area contributed by atoms with Gasteiger partial charge >= 0.3 is 6.18 Å². The van der Waals surface area contributed by atoms with Gasteiger partial charge in [-0.15, -0.1) is 0 Å². The molecule has 0 aliphatic carbocycles. The molecule has 1 aliphatic rings. The van der Waals surface area contributed by atoms with Crippen LogP contribution < -0.4 is 15.5 Å². The Bertz CT molecular complexity index is 792. The van der Waals surface area contributed by atoms with E-state index in [1.165, 1.54) is 12.1 Å². The van der Waals surface area contributed by atoms with Crippen LogP contribution in [0.15, 0.2) is 30.3 Å². The molecule has 2 heterocycles. The smallest absolute Gasteiger partial charge is 0.355 e. The summed E-state index contributed by atoms with van der Waals surface area (Å²) < 4.78 is 38.3. The van der Waals surface area contributed by atoms with Gasteiger partial charge in [-0.2, -0.15) is 18.2 Å². The van der Waals surface area contributed by atoms with Crippen LogP contribution in [0.3, 0.4) is 0 Å². The minimum Gasteiger partial charge on any atom is -0.355 e. The Kier molecular flexibility index (Phi) is 6.95. The lowest BCUT2D eigenvalue weighted by molar-refractivity contribution is -0.137. The fraction of sp³-hybridized carbons (Fsp3) is 0.524. The summed E-state index contributed by atoms with van der Waals surface area (Å²) in [6, 6.07) is 7.39. The molecule has 1 fully saturated rings. The van der Waals surface area contributed by atoms with E-state index in [1.54, 1.807) is 0 Å². The van der Waals surface area contributed by atoms with E-state index in [-0.39, 0.29) is 0 Å². The molecule has 0 amide bonds. The maximum absolute atomic E-state index is 12.8. The lowest BCUT2D eigenvalue weighted by Crippen LogP contribution is -2.44. The summed E-state index contributed by atoms with van der Waals surface area (Å²) in [5, 5.41) is 6.40. The summed E-state index contributed by atoms with van der Waals surface area (Å²) in [7, 11) is 1.97. The van der Waals surface area contributed by atoms with Gasteiger partial charge in [0.25, 0.3) is 0 Å². The van der Waals surface area contributed by atoms with Crippen molar-refractivity contribution in [3.63, 3.8) is 0 Å². The molecule has 1 aromatic heterocycles. The normalized spacial score (nSPS) is 17.4. The van der Waals surface area contributed by atoms with Gasteiger partial charge in [0.15, 0.2) is 0 Å². The van der Waals surface area contributed by atoms with Crippen LogP contribution in [0, 0.1) is 0 Å². The molecule has 3 rings (SSSR count). The molecule has 0 saturated carbocycles. The Labute approximate surface area is 169 Å². The number of rotatable bonds is 7. The number of hydrogen-bond donors (Lipinski definition) is 2. The number of aromatic nitrogens is 2. The monoisotopic (exact) mass is 407 g/mol. The number of benzene rings is 1. The van der Waals surface area contributed by atoms with Crippen LogP contribution in [0.5, 0.6) is 0 Å². The number of unbranched alkanes of at least 4 members (excludes halogenated alkanes) is 1. The number of nitrogens with one attached hydrogen (secondary N) is 2. The average Bonchev–Trinajstić information content (AvgIpc) is 2.72. The molecule has 29 heavy (non-hydrogen) atoms. The Morgan fingerprint density at radius 3 is 2.59 bits per heavy atom. The zero-order chi connectivity index (χ0) is 20.9. The van der Waals surface area contributed by atoms with E-state index in [4.69, 9.17) is 0 Å². The largest absolute Gasteiger partial charge is 0.416 e. The quantitative estimate of drug-likeness (QED) is 0.693. The van der Waals surface area contributed by atoms with E-state index in [9.17, 15) is 13.2 Å². The first-order valence-corrected chi connectivity index (χ1v) is 10.1. The second-order valence-electron chi connectivity index (χ2n) is 7.42. The van der Waals surface area contributed by atoms with Crippen molar-refractivity contribution in [1.82, 2.24) is 15.3 Å². The van der Waals surface area contributed by atoms with Gasteiger partial charge in [-0.25, -0.2) is 4.98 Å². The summed E-state index contributed by atoms with van der Waals surface area (Å²) in [4.78, 5) is 11.5. The third-order valence-electron chi connectivity index (χ3n) is 5.17. The molecule has 1 atom stereocenters. The van der Waals surface area contributed by atoms with Crippen LogP contribution >= 0.6 is 0 Å². The molecule has 1 saturated heterocycles. The van der Waals surface area contributed by atoms with Crippen molar-refractivity contribution in [3.05, 3.63) is 41.6 Å². The van der Waals surface area contributed by atoms with Gasteiger partial charge in [0, 0.05) is 36.6 Å². The molecule has 158 valence electrons. The van der Waals surface area contributed by atoms with Crippen molar-refractivity contribution >= 4 is 17.5 Å². The van der Waals surface area contributed by atoms with Crippen molar-refractivity contribution in [2.75, 3.05) is 30.4 Å². The number of likely N-dealkylation sites (N-methyl/N-ethyl adjacent to an activating group) is 1. The van der Waals surface area contributed by atoms with Crippen LogP contribution in [-0.2, 0) is 12.6 Å². The van der Waals surface area contributed by atoms with E-state index in [0.717, 1.165) is 68.8 Å². The summed E-state index contributed by atoms with van der Waals surface area (Å²) in [6.07, 6.45) is 0.804. The van der Waals surface area contributed by atoms with E-state index in [2.05, 4.69) is 32.4 Å². The molecule has 2 N–H and O–H groups in total. The molecule has 5 nitrogen and oxygen atoms in total.